The highest BCUT2D eigenvalue weighted by molar-refractivity contribution is 6.00. The molecular formula is C23H25N3O4. The number of aromatic hydroxyl groups is 1. The van der Waals surface area contributed by atoms with E-state index in [0.717, 1.165) is 17.5 Å². The number of carbonyl (C=O) groups excluding carboxylic acids is 1. The van der Waals surface area contributed by atoms with Gasteiger partial charge in [-0.15, -0.1) is 0 Å². The molecule has 7 nitrogen and oxygen atoms in total. The van der Waals surface area contributed by atoms with E-state index in [1.807, 2.05) is 43.0 Å². The third kappa shape index (κ3) is 3.16. The topological polar surface area (TPSA) is 87.7 Å². The fourth-order valence-corrected chi connectivity index (χ4v) is 4.02. The maximum atomic E-state index is 13.2. The van der Waals surface area contributed by atoms with E-state index in [9.17, 15) is 9.90 Å². The van der Waals surface area contributed by atoms with Gasteiger partial charge in [0.25, 0.3) is 5.91 Å². The summed E-state index contributed by atoms with van der Waals surface area (Å²) >= 11 is 0. The van der Waals surface area contributed by atoms with Gasteiger partial charge in [0.1, 0.15) is 17.1 Å². The molecule has 30 heavy (non-hydrogen) atoms. The fraction of sp³-hybridized carbons (Fsp3) is 0.304. The van der Waals surface area contributed by atoms with Crippen LogP contribution in [0, 0.1) is 0 Å². The molecule has 0 saturated heterocycles. The van der Waals surface area contributed by atoms with Gasteiger partial charge in [-0.2, -0.15) is 5.10 Å². The van der Waals surface area contributed by atoms with Gasteiger partial charge >= 0.3 is 0 Å². The van der Waals surface area contributed by atoms with Crippen molar-refractivity contribution in [3.8, 4) is 28.5 Å². The average molecular weight is 407 g/mol. The van der Waals surface area contributed by atoms with Crippen LogP contribution in [0.15, 0.2) is 42.5 Å². The molecule has 0 radical (unpaired) electrons. The smallest absolute Gasteiger partial charge is 0.273 e. The first-order valence-electron chi connectivity index (χ1n) is 10.1. The molecule has 1 aromatic heterocycles. The van der Waals surface area contributed by atoms with Crippen LogP contribution in [0.4, 0.5) is 0 Å². The number of H-pyrrole nitrogens is 1. The van der Waals surface area contributed by atoms with Crippen LogP contribution in [0.3, 0.4) is 0 Å². The van der Waals surface area contributed by atoms with Crippen molar-refractivity contribution in [2.45, 2.75) is 26.3 Å². The second-order valence-electron chi connectivity index (χ2n) is 7.12. The Labute approximate surface area is 175 Å². The van der Waals surface area contributed by atoms with Crippen molar-refractivity contribution >= 4 is 5.91 Å². The highest BCUT2D eigenvalue weighted by Gasteiger charge is 2.42. The normalized spacial score (nSPS) is 15.4. The molecule has 0 saturated carbocycles. The van der Waals surface area contributed by atoms with Gasteiger partial charge in [-0.05, 0) is 43.2 Å². The Bertz CT molecular complexity index is 1080. The van der Waals surface area contributed by atoms with E-state index >= 15 is 0 Å². The summed E-state index contributed by atoms with van der Waals surface area (Å²) in [4.78, 5) is 15.0. The van der Waals surface area contributed by atoms with Crippen LogP contribution >= 0.6 is 0 Å². The third-order valence-electron chi connectivity index (χ3n) is 5.29. The van der Waals surface area contributed by atoms with Gasteiger partial charge in [0.2, 0.25) is 0 Å². The monoisotopic (exact) mass is 407 g/mol. The molecule has 0 fully saturated rings. The summed E-state index contributed by atoms with van der Waals surface area (Å²) in [5.74, 6) is 1.29. The van der Waals surface area contributed by atoms with Crippen LogP contribution in [0.2, 0.25) is 0 Å². The number of benzene rings is 2. The van der Waals surface area contributed by atoms with Crippen molar-refractivity contribution in [1.82, 2.24) is 15.1 Å². The Kier molecular flexibility index (Phi) is 5.35. The zero-order chi connectivity index (χ0) is 21.3. The molecule has 1 aliphatic heterocycles. The summed E-state index contributed by atoms with van der Waals surface area (Å²) in [6.07, 6.45) is 0.819. The van der Waals surface area contributed by atoms with Crippen LogP contribution in [-0.4, -0.2) is 46.4 Å². The highest BCUT2D eigenvalue weighted by atomic mass is 16.5. The lowest BCUT2D eigenvalue weighted by atomic mass is 9.95. The van der Waals surface area contributed by atoms with E-state index in [0.29, 0.717) is 41.6 Å². The van der Waals surface area contributed by atoms with E-state index in [1.54, 1.807) is 25.3 Å². The summed E-state index contributed by atoms with van der Waals surface area (Å²) in [5.41, 5.74) is 3.28. The maximum Gasteiger partial charge on any atom is 0.273 e. The van der Waals surface area contributed by atoms with Crippen LogP contribution < -0.4 is 9.47 Å². The predicted octanol–water partition coefficient (Wildman–Crippen LogP) is 4.14. The number of para-hydroxylation sites is 1. The zero-order valence-corrected chi connectivity index (χ0v) is 17.3. The van der Waals surface area contributed by atoms with Gasteiger partial charge in [0.05, 0.1) is 19.8 Å². The molecule has 7 heteroatoms. The number of hydrogen-bond acceptors (Lipinski definition) is 5. The molecule has 156 valence electrons. The summed E-state index contributed by atoms with van der Waals surface area (Å²) in [5, 5.41) is 17.7. The summed E-state index contributed by atoms with van der Waals surface area (Å²) in [6, 6.07) is 12.4. The molecule has 0 spiro atoms. The molecule has 3 aromatic rings. The van der Waals surface area contributed by atoms with Crippen molar-refractivity contribution in [3.05, 3.63) is 59.3 Å². The number of nitrogens with zero attached hydrogens (tertiary/aromatic N) is 2. The number of aromatic nitrogens is 2. The van der Waals surface area contributed by atoms with Crippen LogP contribution in [0.25, 0.3) is 11.3 Å². The van der Waals surface area contributed by atoms with E-state index in [2.05, 4.69) is 10.2 Å². The van der Waals surface area contributed by atoms with E-state index in [4.69, 9.17) is 9.47 Å². The number of fused-ring (bicyclic) bond motifs is 1. The first-order valence-corrected chi connectivity index (χ1v) is 10.1. The van der Waals surface area contributed by atoms with E-state index in [1.165, 1.54) is 0 Å². The Morgan fingerprint density at radius 2 is 1.97 bits per heavy atom. The van der Waals surface area contributed by atoms with Gasteiger partial charge in [0, 0.05) is 17.7 Å². The van der Waals surface area contributed by atoms with Crippen molar-refractivity contribution in [2.24, 2.45) is 0 Å². The summed E-state index contributed by atoms with van der Waals surface area (Å²) in [6.45, 7) is 5.09. The lowest BCUT2D eigenvalue weighted by Gasteiger charge is -2.26. The van der Waals surface area contributed by atoms with Crippen molar-refractivity contribution in [3.63, 3.8) is 0 Å². The lowest BCUT2D eigenvalue weighted by molar-refractivity contribution is 0.0743. The van der Waals surface area contributed by atoms with Gasteiger partial charge in [-0.25, -0.2) is 0 Å². The Morgan fingerprint density at radius 3 is 2.67 bits per heavy atom. The number of methoxy groups -OCH3 is 1. The second kappa shape index (κ2) is 8.10. The number of ether oxygens (including phenoxy) is 2. The minimum absolute atomic E-state index is 0.0983. The average Bonchev–Trinajstić information content (AvgIpc) is 3.29. The van der Waals surface area contributed by atoms with Crippen LogP contribution in [0.1, 0.15) is 47.9 Å². The molecule has 1 atom stereocenters. The summed E-state index contributed by atoms with van der Waals surface area (Å²) in [7, 11) is 1.60. The van der Waals surface area contributed by atoms with Crippen molar-refractivity contribution in [2.75, 3.05) is 20.3 Å². The molecule has 0 aliphatic carbocycles. The molecule has 1 amide bonds. The Hall–Kier alpha value is -3.48. The molecule has 2 aromatic carbocycles. The SMILES string of the molecule is CCCN1C(=O)c2[nH]nc(-c3ccccc3O)c2C1c1ccc(OCC)c(OC)c1. The molecule has 2 heterocycles. The van der Waals surface area contributed by atoms with Gasteiger partial charge in [-0.3, -0.25) is 9.89 Å². The number of hydrogen-bond donors (Lipinski definition) is 2. The molecule has 1 unspecified atom stereocenters. The first-order chi connectivity index (χ1) is 14.6. The third-order valence-corrected chi connectivity index (χ3v) is 5.29. The Morgan fingerprint density at radius 1 is 1.17 bits per heavy atom. The molecule has 2 N–H and O–H groups in total. The minimum atomic E-state index is -0.342. The summed E-state index contributed by atoms with van der Waals surface area (Å²) < 4.78 is 11.2. The quantitative estimate of drug-likeness (QED) is 0.614. The van der Waals surface area contributed by atoms with Crippen LogP contribution in [-0.2, 0) is 0 Å². The minimum Gasteiger partial charge on any atom is -0.507 e. The van der Waals surface area contributed by atoms with E-state index in [-0.39, 0.29) is 17.7 Å². The number of phenolic OH excluding ortho intramolecular Hbond substituents is 1. The number of amides is 1. The zero-order valence-electron chi connectivity index (χ0n) is 17.3. The standard InChI is InChI=1S/C23H25N3O4/c1-4-12-26-22(14-10-11-17(30-5-2)18(13-14)29-3)19-20(24-25-21(19)23(26)28)15-8-6-7-9-16(15)27/h6-11,13,22,27H,4-5,12H2,1-3H3,(H,24,25). The number of phenols is 1. The number of rotatable bonds is 7. The largest absolute Gasteiger partial charge is 0.507 e. The van der Waals surface area contributed by atoms with Gasteiger partial charge < -0.3 is 19.5 Å². The maximum absolute atomic E-state index is 13.2. The van der Waals surface area contributed by atoms with Gasteiger partial charge in [0.15, 0.2) is 11.5 Å². The molecule has 4 rings (SSSR count). The van der Waals surface area contributed by atoms with Crippen LogP contribution in [0.5, 0.6) is 17.2 Å². The second-order valence-corrected chi connectivity index (χ2v) is 7.12. The number of nitrogens with one attached hydrogen (secondary N) is 1. The van der Waals surface area contributed by atoms with Crippen molar-refractivity contribution < 1.29 is 19.4 Å². The Balaban J connectivity index is 1.88. The van der Waals surface area contributed by atoms with Crippen molar-refractivity contribution in [1.29, 1.82) is 0 Å². The van der Waals surface area contributed by atoms with Gasteiger partial charge in [-0.1, -0.05) is 25.1 Å². The number of carbonyl (C=O) groups is 1. The number of aromatic amines is 1. The molecule has 1 aliphatic rings. The predicted molar refractivity (Wildman–Crippen MR) is 113 cm³/mol. The first kappa shape index (κ1) is 19.8. The highest BCUT2D eigenvalue weighted by Crippen LogP contribution is 2.45. The molecular weight excluding hydrogens is 382 g/mol. The lowest BCUT2D eigenvalue weighted by Crippen LogP contribution is -2.30. The molecule has 0 bridgehead atoms. The van der Waals surface area contributed by atoms with E-state index < -0.39 is 0 Å². The fourth-order valence-electron chi connectivity index (χ4n) is 4.02.